The molecule has 1 aliphatic heterocycles. The number of hydrogen-bond acceptors (Lipinski definition) is 4. The predicted octanol–water partition coefficient (Wildman–Crippen LogP) is 1.41. The third-order valence-electron chi connectivity index (χ3n) is 3.91. The summed E-state index contributed by atoms with van der Waals surface area (Å²) in [6.45, 7) is 2.09. The summed E-state index contributed by atoms with van der Waals surface area (Å²) < 4.78 is 0. The molecule has 1 aliphatic carbocycles. The van der Waals surface area contributed by atoms with E-state index in [2.05, 4.69) is 14.9 Å². The number of anilines is 1. The monoisotopic (exact) mass is 233 g/mol. The summed E-state index contributed by atoms with van der Waals surface area (Å²) in [5, 5.41) is 8.76. The van der Waals surface area contributed by atoms with Crippen molar-refractivity contribution in [2.75, 3.05) is 18.0 Å². The van der Waals surface area contributed by atoms with Gasteiger partial charge in [-0.3, -0.25) is 0 Å². The lowest BCUT2D eigenvalue weighted by atomic mass is 10.0. The molecule has 1 aromatic rings. The van der Waals surface area contributed by atoms with Crippen molar-refractivity contribution in [3.05, 3.63) is 18.1 Å². The molecule has 2 unspecified atom stereocenters. The average Bonchev–Trinajstić information content (AvgIpc) is 2.89. The molecule has 5 nitrogen and oxygen atoms in total. The molecule has 0 aromatic carbocycles. The van der Waals surface area contributed by atoms with Gasteiger partial charge >= 0.3 is 5.97 Å². The van der Waals surface area contributed by atoms with Crippen molar-refractivity contribution < 1.29 is 9.90 Å². The third-order valence-corrected chi connectivity index (χ3v) is 3.91. The van der Waals surface area contributed by atoms with Crippen LogP contribution in [0.4, 0.5) is 5.82 Å². The number of carbonyl (C=O) groups is 1. The zero-order valence-electron chi connectivity index (χ0n) is 9.54. The second-order valence-corrected chi connectivity index (χ2v) is 4.92. The first-order valence-corrected chi connectivity index (χ1v) is 6.04. The molecule has 1 saturated heterocycles. The zero-order chi connectivity index (χ0) is 11.8. The fourth-order valence-corrected chi connectivity index (χ4v) is 3.02. The Kier molecular flexibility index (Phi) is 2.46. The molecule has 1 N–H and O–H groups in total. The van der Waals surface area contributed by atoms with Gasteiger partial charge in [-0.2, -0.15) is 0 Å². The fourth-order valence-electron chi connectivity index (χ4n) is 3.02. The number of aromatic nitrogens is 2. The highest BCUT2D eigenvalue weighted by Gasteiger charge is 2.36. The van der Waals surface area contributed by atoms with Crippen LogP contribution in [0.25, 0.3) is 0 Å². The molecule has 2 atom stereocenters. The lowest BCUT2D eigenvalue weighted by Crippen LogP contribution is -2.22. The van der Waals surface area contributed by atoms with Crippen LogP contribution in [0.2, 0.25) is 0 Å². The highest BCUT2D eigenvalue weighted by molar-refractivity contribution is 5.84. The van der Waals surface area contributed by atoms with Crippen LogP contribution in [0.3, 0.4) is 0 Å². The van der Waals surface area contributed by atoms with Crippen molar-refractivity contribution in [3.8, 4) is 0 Å². The number of carboxylic acid groups (broad SMARTS) is 1. The second-order valence-electron chi connectivity index (χ2n) is 4.92. The molecule has 2 heterocycles. The first-order valence-electron chi connectivity index (χ1n) is 6.04. The first-order chi connectivity index (χ1) is 8.24. The highest BCUT2D eigenvalue weighted by Crippen LogP contribution is 2.38. The number of hydrogen-bond donors (Lipinski definition) is 1. The molecule has 0 spiro atoms. The Bertz CT molecular complexity index is 420. The van der Waals surface area contributed by atoms with Gasteiger partial charge in [0.05, 0.1) is 12.4 Å². The predicted molar refractivity (Wildman–Crippen MR) is 62.0 cm³/mol. The molecular weight excluding hydrogens is 218 g/mol. The van der Waals surface area contributed by atoms with E-state index in [1.165, 1.54) is 25.5 Å². The van der Waals surface area contributed by atoms with E-state index in [9.17, 15) is 4.79 Å². The van der Waals surface area contributed by atoms with Gasteiger partial charge in [-0.1, -0.05) is 6.42 Å². The second kappa shape index (κ2) is 3.98. The van der Waals surface area contributed by atoms with Gasteiger partial charge in [0.15, 0.2) is 5.69 Å². The average molecular weight is 233 g/mol. The molecule has 2 aliphatic rings. The molecule has 0 amide bonds. The van der Waals surface area contributed by atoms with Gasteiger partial charge in [0.1, 0.15) is 5.82 Å². The van der Waals surface area contributed by atoms with E-state index in [0.717, 1.165) is 30.7 Å². The number of rotatable bonds is 2. The summed E-state index contributed by atoms with van der Waals surface area (Å²) in [7, 11) is 0. The van der Waals surface area contributed by atoms with Gasteiger partial charge in [0, 0.05) is 13.1 Å². The van der Waals surface area contributed by atoms with Crippen LogP contribution >= 0.6 is 0 Å². The number of nitrogens with zero attached hydrogens (tertiary/aromatic N) is 3. The summed E-state index contributed by atoms with van der Waals surface area (Å²) in [6, 6.07) is 0. The van der Waals surface area contributed by atoms with E-state index in [1.54, 1.807) is 6.20 Å². The molecule has 0 radical (unpaired) electrons. The van der Waals surface area contributed by atoms with Crippen LogP contribution in [0.15, 0.2) is 12.4 Å². The molecule has 1 aromatic heterocycles. The topological polar surface area (TPSA) is 66.3 Å². The van der Waals surface area contributed by atoms with Crippen molar-refractivity contribution in [1.82, 2.24) is 9.97 Å². The maximum absolute atomic E-state index is 10.7. The Balaban J connectivity index is 1.75. The van der Waals surface area contributed by atoms with Gasteiger partial charge in [0.25, 0.3) is 0 Å². The number of carboxylic acids is 1. The Morgan fingerprint density at radius 2 is 1.94 bits per heavy atom. The summed E-state index contributed by atoms with van der Waals surface area (Å²) in [5.41, 5.74) is 0.00754. The normalized spacial score (nSPS) is 27.2. The minimum absolute atomic E-state index is 0.00754. The lowest BCUT2D eigenvalue weighted by Gasteiger charge is -2.17. The maximum Gasteiger partial charge on any atom is 0.356 e. The van der Waals surface area contributed by atoms with Crippen molar-refractivity contribution in [2.45, 2.75) is 19.3 Å². The van der Waals surface area contributed by atoms with Gasteiger partial charge < -0.3 is 10.0 Å². The van der Waals surface area contributed by atoms with Crippen LogP contribution < -0.4 is 4.90 Å². The highest BCUT2D eigenvalue weighted by atomic mass is 16.4. The molecule has 1 saturated carbocycles. The first kappa shape index (κ1) is 10.5. The van der Waals surface area contributed by atoms with Crippen molar-refractivity contribution in [3.63, 3.8) is 0 Å². The molecule has 5 heteroatoms. The fraction of sp³-hybridized carbons (Fsp3) is 0.583. The minimum Gasteiger partial charge on any atom is -0.476 e. The molecule has 90 valence electrons. The Morgan fingerprint density at radius 1 is 1.24 bits per heavy atom. The summed E-state index contributed by atoms with van der Waals surface area (Å²) in [6.07, 6.45) is 6.91. The Morgan fingerprint density at radius 3 is 2.47 bits per heavy atom. The van der Waals surface area contributed by atoms with Crippen LogP contribution in [0, 0.1) is 11.8 Å². The summed E-state index contributed by atoms with van der Waals surface area (Å²) in [5.74, 6) is 1.39. The Hall–Kier alpha value is -1.65. The van der Waals surface area contributed by atoms with Crippen LogP contribution in [-0.2, 0) is 0 Å². The lowest BCUT2D eigenvalue weighted by molar-refractivity contribution is 0.0690. The molecular formula is C12H15N3O2. The maximum atomic E-state index is 10.7. The SMILES string of the molecule is O=C(O)c1cnc(N2CC3CCCC3C2)cn1. The summed E-state index contributed by atoms with van der Waals surface area (Å²) in [4.78, 5) is 21.0. The van der Waals surface area contributed by atoms with Crippen molar-refractivity contribution in [1.29, 1.82) is 0 Å². The molecule has 3 rings (SSSR count). The van der Waals surface area contributed by atoms with Gasteiger partial charge in [0.2, 0.25) is 0 Å². The van der Waals surface area contributed by atoms with E-state index >= 15 is 0 Å². The number of fused-ring (bicyclic) bond motifs is 1. The zero-order valence-corrected chi connectivity index (χ0v) is 9.54. The number of aromatic carboxylic acids is 1. The third kappa shape index (κ3) is 1.85. The van der Waals surface area contributed by atoms with Crippen LogP contribution in [-0.4, -0.2) is 34.1 Å². The van der Waals surface area contributed by atoms with Crippen LogP contribution in [0.1, 0.15) is 29.8 Å². The standard InChI is InChI=1S/C12H15N3O2/c16-12(17)10-4-14-11(5-13-10)15-6-8-2-1-3-9(8)7-15/h4-5,8-9H,1-3,6-7H2,(H,16,17). The Labute approximate surface area is 99.5 Å². The van der Waals surface area contributed by atoms with E-state index in [0.29, 0.717) is 0 Å². The van der Waals surface area contributed by atoms with Crippen molar-refractivity contribution in [2.24, 2.45) is 11.8 Å². The quantitative estimate of drug-likeness (QED) is 0.836. The molecule has 17 heavy (non-hydrogen) atoms. The largest absolute Gasteiger partial charge is 0.476 e. The van der Waals surface area contributed by atoms with Crippen LogP contribution in [0.5, 0.6) is 0 Å². The van der Waals surface area contributed by atoms with E-state index in [-0.39, 0.29) is 5.69 Å². The van der Waals surface area contributed by atoms with E-state index in [4.69, 9.17) is 5.11 Å². The van der Waals surface area contributed by atoms with Gasteiger partial charge in [-0.25, -0.2) is 14.8 Å². The smallest absolute Gasteiger partial charge is 0.356 e. The van der Waals surface area contributed by atoms with Crippen molar-refractivity contribution >= 4 is 11.8 Å². The minimum atomic E-state index is -1.03. The molecule has 2 fully saturated rings. The van der Waals surface area contributed by atoms with Gasteiger partial charge in [-0.15, -0.1) is 0 Å². The van der Waals surface area contributed by atoms with E-state index < -0.39 is 5.97 Å². The van der Waals surface area contributed by atoms with E-state index in [1.807, 2.05) is 0 Å². The molecule has 0 bridgehead atoms. The summed E-state index contributed by atoms with van der Waals surface area (Å²) >= 11 is 0. The van der Waals surface area contributed by atoms with Gasteiger partial charge in [-0.05, 0) is 24.7 Å².